The van der Waals surface area contributed by atoms with Gasteiger partial charge in [0.25, 0.3) is 0 Å². The lowest BCUT2D eigenvalue weighted by Gasteiger charge is -1.92. The Hall–Kier alpha value is 0.300. The Morgan fingerprint density at radius 1 is 1.00 bits per heavy atom. The number of isothiocyanates is 2. The van der Waals surface area contributed by atoms with Crippen LogP contribution in [0.25, 0.3) is 0 Å². The summed E-state index contributed by atoms with van der Waals surface area (Å²) in [5, 5.41) is 5.54. The van der Waals surface area contributed by atoms with E-state index in [2.05, 4.69) is 44.7 Å². The van der Waals surface area contributed by atoms with E-state index in [1.165, 1.54) is 0 Å². The quantitative estimate of drug-likeness (QED) is 0.298. The number of thioether (sulfide) groups is 2. The Morgan fingerprint density at radius 2 is 1.45 bits per heavy atom. The molecular formula is C5H6N2S4. The molecule has 0 atom stereocenters. The zero-order chi connectivity index (χ0) is 8.36. The number of thiocarbonyl (C=S) groups is 2. The molecule has 0 N–H and O–H groups in total. The highest BCUT2D eigenvalue weighted by Crippen LogP contribution is 2.11. The van der Waals surface area contributed by atoms with Crippen LogP contribution in [0, 0.1) is 0 Å². The molecule has 0 radical (unpaired) electrons. The second-order valence-corrected chi connectivity index (χ2v) is 3.92. The monoisotopic (exact) mass is 222 g/mol. The number of hydrogen-bond acceptors (Lipinski definition) is 6. The standard InChI is InChI=1S/C5H6N2S4/c8-1-6-3-10-5-11-4-7-2-9/h3-5H2. The molecule has 0 saturated heterocycles. The summed E-state index contributed by atoms with van der Waals surface area (Å²) in [6.45, 7) is 0. The molecule has 0 saturated carbocycles. The van der Waals surface area contributed by atoms with Gasteiger partial charge in [0.2, 0.25) is 0 Å². The van der Waals surface area contributed by atoms with Gasteiger partial charge in [-0.15, -0.1) is 23.5 Å². The fraction of sp³-hybridized carbons (Fsp3) is 0.600. The lowest BCUT2D eigenvalue weighted by Crippen LogP contribution is -1.75. The number of rotatable bonds is 6. The average Bonchev–Trinajstić information content (AvgIpc) is 2.03. The maximum absolute atomic E-state index is 4.39. The molecule has 0 aromatic heterocycles. The molecule has 0 spiro atoms. The topological polar surface area (TPSA) is 24.7 Å². The molecule has 0 bridgehead atoms. The summed E-state index contributed by atoms with van der Waals surface area (Å²) in [6, 6.07) is 0. The summed E-state index contributed by atoms with van der Waals surface area (Å²) in [6.07, 6.45) is 0. The van der Waals surface area contributed by atoms with Crippen LogP contribution < -0.4 is 0 Å². The molecule has 11 heavy (non-hydrogen) atoms. The molecular weight excluding hydrogens is 216 g/mol. The minimum absolute atomic E-state index is 0.678. The fourth-order valence-corrected chi connectivity index (χ4v) is 1.95. The van der Waals surface area contributed by atoms with Crippen LogP contribution in [0.4, 0.5) is 0 Å². The molecule has 60 valence electrons. The molecule has 0 heterocycles. The van der Waals surface area contributed by atoms with Crippen molar-refractivity contribution in [2.75, 3.05) is 16.8 Å². The van der Waals surface area contributed by atoms with Gasteiger partial charge in [0.1, 0.15) is 0 Å². The molecule has 0 aromatic carbocycles. The molecule has 0 amide bonds. The molecule has 0 aliphatic heterocycles. The summed E-state index contributed by atoms with van der Waals surface area (Å²) in [5.74, 6) is 1.36. The molecule has 0 aromatic rings. The van der Waals surface area contributed by atoms with Crippen molar-refractivity contribution < 1.29 is 0 Å². The Bertz CT molecular complexity index is 161. The van der Waals surface area contributed by atoms with E-state index in [0.717, 1.165) is 5.08 Å². The van der Waals surface area contributed by atoms with Crippen LogP contribution >= 0.6 is 48.0 Å². The number of aliphatic imine (C=N–C) groups is 2. The van der Waals surface area contributed by atoms with Crippen LogP contribution in [0.3, 0.4) is 0 Å². The van der Waals surface area contributed by atoms with Gasteiger partial charge in [-0.2, -0.15) is 0 Å². The maximum atomic E-state index is 4.39. The summed E-state index contributed by atoms with van der Waals surface area (Å²) in [7, 11) is 0. The first-order valence-electron chi connectivity index (χ1n) is 2.64. The van der Waals surface area contributed by atoms with Gasteiger partial charge in [-0.3, -0.25) is 0 Å². The molecule has 0 rings (SSSR count). The van der Waals surface area contributed by atoms with Gasteiger partial charge in [-0.25, -0.2) is 9.98 Å². The second-order valence-electron chi connectivity index (χ2n) is 1.28. The van der Waals surface area contributed by atoms with Crippen molar-refractivity contribution in [3.8, 4) is 0 Å². The predicted octanol–water partition coefficient (Wildman–Crippen LogP) is 2.53. The zero-order valence-electron chi connectivity index (χ0n) is 5.65. The maximum Gasteiger partial charge on any atom is 0.0955 e. The molecule has 2 nitrogen and oxygen atoms in total. The van der Waals surface area contributed by atoms with E-state index in [9.17, 15) is 0 Å². The van der Waals surface area contributed by atoms with Gasteiger partial charge in [0.15, 0.2) is 0 Å². The van der Waals surface area contributed by atoms with E-state index >= 15 is 0 Å². The number of nitrogens with zero attached hydrogens (tertiary/aromatic N) is 2. The Kier molecular flexibility index (Phi) is 10.6. The summed E-state index contributed by atoms with van der Waals surface area (Å²) in [5.41, 5.74) is 0. The van der Waals surface area contributed by atoms with Crippen molar-refractivity contribution in [3.63, 3.8) is 0 Å². The normalized spacial score (nSPS) is 8.00. The highest BCUT2D eigenvalue weighted by Gasteiger charge is 1.85. The lowest BCUT2D eigenvalue weighted by atomic mass is 11.4. The molecule has 0 aliphatic rings. The van der Waals surface area contributed by atoms with E-state index in [1.54, 1.807) is 23.5 Å². The van der Waals surface area contributed by atoms with Crippen molar-refractivity contribution in [2.45, 2.75) is 0 Å². The summed E-state index contributed by atoms with van der Waals surface area (Å²) >= 11 is 12.1. The van der Waals surface area contributed by atoms with Gasteiger partial charge >= 0.3 is 0 Å². The van der Waals surface area contributed by atoms with Gasteiger partial charge in [0, 0.05) is 5.08 Å². The van der Waals surface area contributed by atoms with Crippen LogP contribution in [0.15, 0.2) is 9.98 Å². The summed E-state index contributed by atoms with van der Waals surface area (Å²) in [4.78, 5) is 7.47. The first-order valence-corrected chi connectivity index (χ1v) is 5.77. The smallest absolute Gasteiger partial charge is 0.0955 e. The van der Waals surface area contributed by atoms with E-state index < -0.39 is 0 Å². The summed E-state index contributed by atoms with van der Waals surface area (Å²) < 4.78 is 0. The first kappa shape index (κ1) is 11.3. The van der Waals surface area contributed by atoms with Crippen LogP contribution in [0.2, 0.25) is 0 Å². The van der Waals surface area contributed by atoms with Crippen LogP contribution in [-0.2, 0) is 0 Å². The van der Waals surface area contributed by atoms with Crippen molar-refractivity contribution in [1.82, 2.24) is 0 Å². The van der Waals surface area contributed by atoms with Crippen molar-refractivity contribution in [1.29, 1.82) is 0 Å². The van der Waals surface area contributed by atoms with E-state index in [0.29, 0.717) is 11.8 Å². The van der Waals surface area contributed by atoms with Crippen molar-refractivity contribution >= 4 is 58.3 Å². The molecule has 6 heteroatoms. The highest BCUT2D eigenvalue weighted by molar-refractivity contribution is 8.15. The second kappa shape index (κ2) is 10.3. The third-order valence-electron chi connectivity index (χ3n) is 0.607. The predicted molar refractivity (Wildman–Crippen MR) is 59.8 cm³/mol. The van der Waals surface area contributed by atoms with Crippen LogP contribution in [0.5, 0.6) is 0 Å². The Balaban J connectivity index is 3.02. The molecule has 0 aliphatic carbocycles. The number of hydrogen-bond donors (Lipinski definition) is 0. The molecule has 0 unspecified atom stereocenters. The first-order chi connectivity index (χ1) is 5.41. The minimum atomic E-state index is 0.678. The van der Waals surface area contributed by atoms with Gasteiger partial charge in [-0.1, -0.05) is 0 Å². The minimum Gasteiger partial charge on any atom is -0.222 e. The SMILES string of the molecule is S=C=NCSCSCN=C=S. The van der Waals surface area contributed by atoms with E-state index in [1.807, 2.05) is 0 Å². The largest absolute Gasteiger partial charge is 0.222 e. The Labute approximate surface area is 85.0 Å². The van der Waals surface area contributed by atoms with E-state index in [-0.39, 0.29) is 0 Å². The third kappa shape index (κ3) is 10.3. The molecule has 0 fully saturated rings. The van der Waals surface area contributed by atoms with E-state index in [4.69, 9.17) is 0 Å². The lowest BCUT2D eigenvalue weighted by molar-refractivity contribution is 1.41. The van der Waals surface area contributed by atoms with Gasteiger partial charge < -0.3 is 0 Å². The van der Waals surface area contributed by atoms with Gasteiger partial charge in [0.05, 0.1) is 22.1 Å². The fourth-order valence-electron chi connectivity index (χ4n) is 0.277. The van der Waals surface area contributed by atoms with Crippen LogP contribution in [-0.4, -0.2) is 27.2 Å². The van der Waals surface area contributed by atoms with Crippen molar-refractivity contribution in [2.24, 2.45) is 9.98 Å². The van der Waals surface area contributed by atoms with Crippen molar-refractivity contribution in [3.05, 3.63) is 0 Å². The third-order valence-corrected chi connectivity index (χ3v) is 2.82. The van der Waals surface area contributed by atoms with Gasteiger partial charge in [-0.05, 0) is 24.4 Å². The average molecular weight is 222 g/mol. The Morgan fingerprint density at radius 3 is 1.82 bits per heavy atom. The zero-order valence-corrected chi connectivity index (χ0v) is 8.91. The highest BCUT2D eigenvalue weighted by atomic mass is 32.2. The van der Waals surface area contributed by atoms with Crippen LogP contribution in [0.1, 0.15) is 0 Å².